The number of hydrogen-bond donors (Lipinski definition) is 0. The molecule has 0 atom stereocenters. The summed E-state index contributed by atoms with van der Waals surface area (Å²) >= 11 is 1.32. The molecule has 0 saturated carbocycles. The SMILES string of the molecule is COCCn1c(=NC(=O)/C=C\c2ccc(OC)c(OC)c2)sc2cc(C(=O)OC)ccc21. The first-order valence-corrected chi connectivity index (χ1v) is 10.5. The summed E-state index contributed by atoms with van der Waals surface area (Å²) < 4.78 is 23.2. The Bertz CT molecular complexity index is 1220. The molecule has 0 aliphatic rings. The van der Waals surface area contributed by atoms with Crippen LogP contribution in [0.1, 0.15) is 15.9 Å². The molecule has 1 amide bonds. The minimum Gasteiger partial charge on any atom is -0.493 e. The second-order valence-corrected chi connectivity index (χ2v) is 7.61. The molecular weight excluding hydrogens is 432 g/mol. The van der Waals surface area contributed by atoms with Crippen molar-refractivity contribution in [2.45, 2.75) is 6.54 Å². The van der Waals surface area contributed by atoms with Gasteiger partial charge in [-0.3, -0.25) is 4.79 Å². The van der Waals surface area contributed by atoms with Crippen LogP contribution >= 0.6 is 11.3 Å². The van der Waals surface area contributed by atoms with Crippen molar-refractivity contribution < 1.29 is 28.5 Å². The van der Waals surface area contributed by atoms with E-state index in [-0.39, 0.29) is 0 Å². The standard InChI is InChI=1S/C23H24N2O6S/c1-28-12-11-25-17-8-7-16(22(27)31-4)14-20(17)32-23(25)24-21(26)10-6-15-5-9-18(29-2)19(13-15)30-3/h5-10,13-14H,11-12H2,1-4H3/b10-6-,24-23?. The van der Waals surface area contributed by atoms with Gasteiger partial charge in [-0.15, -0.1) is 0 Å². The van der Waals surface area contributed by atoms with E-state index in [0.29, 0.717) is 35.0 Å². The van der Waals surface area contributed by atoms with E-state index in [2.05, 4.69) is 4.99 Å². The van der Waals surface area contributed by atoms with Gasteiger partial charge in [0.05, 0.1) is 43.7 Å². The average Bonchev–Trinajstić information content (AvgIpc) is 3.16. The first kappa shape index (κ1) is 23.2. The Morgan fingerprint density at radius 1 is 1.03 bits per heavy atom. The molecule has 0 saturated heterocycles. The van der Waals surface area contributed by atoms with Gasteiger partial charge in [-0.05, 0) is 42.0 Å². The third-order valence-corrected chi connectivity index (χ3v) is 5.70. The molecule has 3 rings (SSSR count). The number of fused-ring (bicyclic) bond motifs is 1. The fraction of sp³-hybridized carbons (Fsp3) is 0.261. The summed E-state index contributed by atoms with van der Waals surface area (Å²) in [5.74, 6) is 0.348. The fourth-order valence-electron chi connectivity index (χ4n) is 3.06. The Morgan fingerprint density at radius 2 is 1.81 bits per heavy atom. The van der Waals surface area contributed by atoms with E-state index < -0.39 is 11.9 Å². The van der Waals surface area contributed by atoms with Crippen LogP contribution in [0.25, 0.3) is 16.3 Å². The maximum absolute atomic E-state index is 12.6. The van der Waals surface area contributed by atoms with Gasteiger partial charge < -0.3 is 23.5 Å². The molecule has 0 fully saturated rings. The van der Waals surface area contributed by atoms with E-state index >= 15 is 0 Å². The Hall–Kier alpha value is -3.43. The van der Waals surface area contributed by atoms with Crippen LogP contribution in [-0.2, 0) is 20.8 Å². The number of benzene rings is 2. The summed E-state index contributed by atoms with van der Waals surface area (Å²) in [5, 5.41) is 0. The van der Waals surface area contributed by atoms with E-state index in [4.69, 9.17) is 18.9 Å². The Kier molecular flexibility index (Phi) is 7.80. The zero-order valence-electron chi connectivity index (χ0n) is 18.3. The van der Waals surface area contributed by atoms with Crippen LogP contribution in [0.3, 0.4) is 0 Å². The molecule has 9 heteroatoms. The van der Waals surface area contributed by atoms with Crippen molar-refractivity contribution in [3.05, 3.63) is 58.4 Å². The van der Waals surface area contributed by atoms with Gasteiger partial charge in [-0.1, -0.05) is 17.4 Å². The van der Waals surface area contributed by atoms with Crippen LogP contribution < -0.4 is 14.3 Å². The highest BCUT2D eigenvalue weighted by molar-refractivity contribution is 7.16. The zero-order valence-corrected chi connectivity index (χ0v) is 19.1. The lowest BCUT2D eigenvalue weighted by Gasteiger charge is -2.07. The molecular formula is C23H24N2O6S. The second-order valence-electron chi connectivity index (χ2n) is 6.60. The van der Waals surface area contributed by atoms with Gasteiger partial charge >= 0.3 is 5.97 Å². The summed E-state index contributed by atoms with van der Waals surface area (Å²) in [7, 11) is 6.06. The number of rotatable bonds is 8. The van der Waals surface area contributed by atoms with Crippen LogP contribution in [0.2, 0.25) is 0 Å². The van der Waals surface area contributed by atoms with Gasteiger partial charge in [0.2, 0.25) is 0 Å². The minimum absolute atomic E-state index is 0.411. The second kappa shape index (κ2) is 10.7. The molecule has 0 aliphatic heterocycles. The molecule has 0 N–H and O–H groups in total. The highest BCUT2D eigenvalue weighted by Gasteiger charge is 2.12. The molecule has 0 radical (unpaired) electrons. The number of aromatic nitrogens is 1. The summed E-state index contributed by atoms with van der Waals surface area (Å²) in [6.45, 7) is 0.965. The van der Waals surface area contributed by atoms with Gasteiger partial charge in [0, 0.05) is 19.7 Å². The highest BCUT2D eigenvalue weighted by Crippen LogP contribution is 2.28. The third kappa shape index (κ3) is 5.24. The largest absolute Gasteiger partial charge is 0.493 e. The lowest BCUT2D eigenvalue weighted by molar-refractivity contribution is -0.113. The van der Waals surface area contributed by atoms with Crippen molar-refractivity contribution in [3.63, 3.8) is 0 Å². The number of esters is 1. The summed E-state index contributed by atoms with van der Waals surface area (Å²) in [6.07, 6.45) is 3.06. The highest BCUT2D eigenvalue weighted by atomic mass is 32.1. The first-order chi connectivity index (χ1) is 15.5. The molecule has 1 aromatic heterocycles. The maximum atomic E-state index is 12.6. The van der Waals surface area contributed by atoms with Crippen molar-refractivity contribution in [1.82, 2.24) is 4.57 Å². The Balaban J connectivity index is 1.95. The lowest BCUT2D eigenvalue weighted by atomic mass is 10.2. The number of thiazole rings is 1. The molecule has 1 heterocycles. The fourth-order valence-corrected chi connectivity index (χ4v) is 4.16. The smallest absolute Gasteiger partial charge is 0.337 e. The summed E-state index contributed by atoms with van der Waals surface area (Å²) in [4.78, 5) is 29.2. The van der Waals surface area contributed by atoms with Gasteiger partial charge in [0.25, 0.3) is 5.91 Å². The summed E-state index contributed by atoms with van der Waals surface area (Å²) in [5.41, 5.74) is 2.07. The predicted molar refractivity (Wildman–Crippen MR) is 122 cm³/mol. The molecule has 0 unspecified atom stereocenters. The molecule has 0 bridgehead atoms. The topological polar surface area (TPSA) is 88.4 Å². The zero-order chi connectivity index (χ0) is 23.1. The van der Waals surface area contributed by atoms with Crippen LogP contribution in [0.4, 0.5) is 0 Å². The molecule has 3 aromatic rings. The van der Waals surface area contributed by atoms with Gasteiger partial charge in [-0.2, -0.15) is 4.99 Å². The third-order valence-electron chi connectivity index (χ3n) is 4.65. The van der Waals surface area contributed by atoms with Crippen LogP contribution in [-0.4, -0.2) is 51.5 Å². The minimum atomic E-state index is -0.420. The number of methoxy groups -OCH3 is 4. The van der Waals surface area contributed by atoms with Crippen molar-refractivity contribution in [1.29, 1.82) is 0 Å². The van der Waals surface area contributed by atoms with Crippen molar-refractivity contribution >= 4 is 39.5 Å². The van der Waals surface area contributed by atoms with Crippen LogP contribution in [0.5, 0.6) is 11.5 Å². The monoisotopic (exact) mass is 456 g/mol. The molecule has 168 valence electrons. The normalized spacial score (nSPS) is 11.8. The lowest BCUT2D eigenvalue weighted by Crippen LogP contribution is -2.18. The number of hydrogen-bond acceptors (Lipinski definition) is 7. The van der Waals surface area contributed by atoms with E-state index in [1.165, 1.54) is 24.5 Å². The van der Waals surface area contributed by atoms with Crippen LogP contribution in [0, 0.1) is 0 Å². The maximum Gasteiger partial charge on any atom is 0.337 e. The van der Waals surface area contributed by atoms with E-state index in [1.54, 1.807) is 51.7 Å². The molecule has 0 aliphatic carbocycles. The van der Waals surface area contributed by atoms with Gasteiger partial charge in [0.1, 0.15) is 0 Å². The molecule has 0 spiro atoms. The van der Waals surface area contributed by atoms with E-state index in [9.17, 15) is 9.59 Å². The number of carbonyl (C=O) groups excluding carboxylic acids is 2. The van der Waals surface area contributed by atoms with Crippen LogP contribution in [0.15, 0.2) is 47.5 Å². The number of amides is 1. The number of nitrogens with zero attached hydrogens (tertiary/aromatic N) is 2. The predicted octanol–water partition coefficient (Wildman–Crippen LogP) is 3.29. The van der Waals surface area contributed by atoms with Crippen molar-refractivity contribution in [2.75, 3.05) is 35.0 Å². The van der Waals surface area contributed by atoms with E-state index in [0.717, 1.165) is 15.8 Å². The van der Waals surface area contributed by atoms with Gasteiger partial charge in [0.15, 0.2) is 16.3 Å². The van der Waals surface area contributed by atoms with E-state index in [1.807, 2.05) is 16.7 Å². The number of ether oxygens (including phenoxy) is 4. The molecule has 8 nitrogen and oxygen atoms in total. The van der Waals surface area contributed by atoms with Gasteiger partial charge in [-0.25, -0.2) is 4.79 Å². The van der Waals surface area contributed by atoms with Crippen molar-refractivity contribution in [3.8, 4) is 11.5 Å². The quantitative estimate of drug-likeness (QED) is 0.382. The number of carbonyl (C=O) groups is 2. The molecule has 2 aromatic carbocycles. The Labute approximate surface area is 189 Å². The summed E-state index contributed by atoms with van der Waals surface area (Å²) in [6, 6.07) is 10.6. The van der Waals surface area contributed by atoms with Crippen molar-refractivity contribution in [2.24, 2.45) is 4.99 Å². The Morgan fingerprint density at radius 3 is 2.50 bits per heavy atom. The molecule has 32 heavy (non-hydrogen) atoms. The first-order valence-electron chi connectivity index (χ1n) is 9.70. The average molecular weight is 457 g/mol.